The highest BCUT2D eigenvalue weighted by atomic mass is 35.5. The van der Waals surface area contributed by atoms with Gasteiger partial charge in [0.2, 0.25) is 0 Å². The first kappa shape index (κ1) is 14.4. The summed E-state index contributed by atoms with van der Waals surface area (Å²) in [5.41, 5.74) is 2.51. The van der Waals surface area contributed by atoms with E-state index in [2.05, 4.69) is 5.32 Å². The molecule has 0 radical (unpaired) electrons. The second-order valence-corrected chi connectivity index (χ2v) is 4.86. The summed E-state index contributed by atoms with van der Waals surface area (Å²) in [6, 6.07) is 13.0. The Morgan fingerprint density at radius 3 is 2.50 bits per heavy atom. The number of hydrogen-bond acceptors (Lipinski definition) is 3. The molecule has 0 saturated heterocycles. The van der Waals surface area contributed by atoms with Gasteiger partial charge < -0.3 is 10.1 Å². The van der Waals surface area contributed by atoms with Gasteiger partial charge >= 0.3 is 0 Å². The summed E-state index contributed by atoms with van der Waals surface area (Å²) in [6.07, 6.45) is 0. The van der Waals surface area contributed by atoms with Gasteiger partial charge in [-0.2, -0.15) is 0 Å². The average Bonchev–Trinajstić information content (AvgIpc) is 2.46. The van der Waals surface area contributed by atoms with Crippen LogP contribution in [0.4, 0.5) is 5.69 Å². The van der Waals surface area contributed by atoms with Gasteiger partial charge in [-0.25, -0.2) is 0 Å². The van der Waals surface area contributed by atoms with Gasteiger partial charge in [0.25, 0.3) is 0 Å². The summed E-state index contributed by atoms with van der Waals surface area (Å²) in [4.78, 5) is 11.4. The van der Waals surface area contributed by atoms with E-state index in [4.69, 9.17) is 16.3 Å². The summed E-state index contributed by atoms with van der Waals surface area (Å²) < 4.78 is 5.11. The normalized spacial score (nSPS) is 10.2. The van der Waals surface area contributed by atoms with Crippen molar-refractivity contribution >= 4 is 23.1 Å². The van der Waals surface area contributed by atoms with E-state index in [0.29, 0.717) is 17.1 Å². The fourth-order valence-corrected chi connectivity index (χ4v) is 2.00. The number of halogens is 1. The molecule has 1 N–H and O–H groups in total. The molecule has 0 unspecified atom stereocenters. The van der Waals surface area contributed by atoms with Gasteiger partial charge in [-0.1, -0.05) is 23.7 Å². The minimum absolute atomic E-state index is 0.0224. The number of nitrogens with one attached hydrogen (secondary N) is 1. The predicted octanol–water partition coefficient (Wildman–Crippen LogP) is 4.16. The van der Waals surface area contributed by atoms with Crippen LogP contribution in [0.15, 0.2) is 42.5 Å². The number of anilines is 1. The van der Waals surface area contributed by atoms with Crippen molar-refractivity contribution in [2.24, 2.45) is 0 Å². The first-order valence-corrected chi connectivity index (χ1v) is 6.65. The molecule has 0 saturated carbocycles. The van der Waals surface area contributed by atoms with Gasteiger partial charge in [0.05, 0.1) is 17.8 Å². The van der Waals surface area contributed by atoms with Crippen LogP contribution in [-0.4, -0.2) is 12.9 Å². The molecule has 104 valence electrons. The molecule has 0 bridgehead atoms. The molecule has 0 aliphatic rings. The molecule has 0 amide bonds. The van der Waals surface area contributed by atoms with Crippen molar-refractivity contribution in [3.05, 3.63) is 58.6 Å². The molecule has 0 aliphatic heterocycles. The molecule has 4 heteroatoms. The lowest BCUT2D eigenvalue weighted by Crippen LogP contribution is -2.02. The van der Waals surface area contributed by atoms with Crippen molar-refractivity contribution in [2.45, 2.75) is 13.5 Å². The van der Waals surface area contributed by atoms with E-state index < -0.39 is 0 Å². The molecule has 0 fully saturated rings. The zero-order valence-corrected chi connectivity index (χ0v) is 12.2. The highest BCUT2D eigenvalue weighted by Crippen LogP contribution is 2.24. The van der Waals surface area contributed by atoms with Crippen LogP contribution in [0.1, 0.15) is 22.8 Å². The number of benzene rings is 2. The summed E-state index contributed by atoms with van der Waals surface area (Å²) in [5.74, 6) is 0.847. The first-order valence-electron chi connectivity index (χ1n) is 6.27. The van der Waals surface area contributed by atoms with Crippen LogP contribution in [0.25, 0.3) is 0 Å². The van der Waals surface area contributed by atoms with Crippen LogP contribution < -0.4 is 10.1 Å². The Morgan fingerprint density at radius 2 is 1.90 bits per heavy atom. The van der Waals surface area contributed by atoms with Crippen molar-refractivity contribution < 1.29 is 9.53 Å². The predicted molar refractivity (Wildman–Crippen MR) is 81.8 cm³/mol. The molecular formula is C16H16ClNO2. The van der Waals surface area contributed by atoms with Gasteiger partial charge in [-0.05, 0) is 42.8 Å². The largest absolute Gasteiger partial charge is 0.497 e. The quantitative estimate of drug-likeness (QED) is 0.840. The maximum atomic E-state index is 11.4. The fraction of sp³-hybridized carbons (Fsp3) is 0.188. The van der Waals surface area contributed by atoms with Crippen LogP contribution in [0.3, 0.4) is 0 Å². The second-order valence-electron chi connectivity index (χ2n) is 4.45. The van der Waals surface area contributed by atoms with Crippen molar-refractivity contribution in [2.75, 3.05) is 12.4 Å². The van der Waals surface area contributed by atoms with Crippen LogP contribution in [-0.2, 0) is 6.54 Å². The molecule has 2 rings (SSSR count). The fourth-order valence-electron chi connectivity index (χ4n) is 1.82. The Bertz CT molecular complexity index is 608. The SMILES string of the molecule is COc1ccc(CNc2cc(C(C)=O)ccc2Cl)cc1. The molecule has 0 heterocycles. The minimum atomic E-state index is 0.0224. The van der Waals surface area contributed by atoms with Crippen molar-refractivity contribution in [1.29, 1.82) is 0 Å². The van der Waals surface area contributed by atoms with E-state index in [-0.39, 0.29) is 5.78 Å². The Kier molecular flexibility index (Phi) is 4.64. The lowest BCUT2D eigenvalue weighted by Gasteiger charge is -2.10. The molecule has 0 aromatic heterocycles. The van der Waals surface area contributed by atoms with Gasteiger partial charge in [-0.3, -0.25) is 4.79 Å². The third kappa shape index (κ3) is 3.52. The number of hydrogen-bond donors (Lipinski definition) is 1. The number of ketones is 1. The van der Waals surface area contributed by atoms with Gasteiger partial charge in [0, 0.05) is 12.1 Å². The summed E-state index contributed by atoms with van der Waals surface area (Å²) in [5, 5.41) is 3.84. The van der Waals surface area contributed by atoms with E-state index in [1.165, 1.54) is 6.92 Å². The smallest absolute Gasteiger partial charge is 0.159 e. The average molecular weight is 290 g/mol. The maximum Gasteiger partial charge on any atom is 0.159 e. The van der Waals surface area contributed by atoms with Gasteiger partial charge in [-0.15, -0.1) is 0 Å². The van der Waals surface area contributed by atoms with Crippen molar-refractivity contribution in [3.8, 4) is 5.75 Å². The number of rotatable bonds is 5. The number of ether oxygens (including phenoxy) is 1. The Balaban J connectivity index is 2.09. The molecule has 20 heavy (non-hydrogen) atoms. The van der Waals surface area contributed by atoms with Crippen molar-refractivity contribution in [1.82, 2.24) is 0 Å². The number of Topliss-reactive ketones (excluding diaryl/α,β-unsaturated/α-hetero) is 1. The molecule has 0 spiro atoms. The van der Waals surface area contributed by atoms with Crippen LogP contribution in [0, 0.1) is 0 Å². The lowest BCUT2D eigenvalue weighted by molar-refractivity contribution is 0.101. The van der Waals surface area contributed by atoms with Crippen molar-refractivity contribution in [3.63, 3.8) is 0 Å². The van der Waals surface area contributed by atoms with E-state index in [9.17, 15) is 4.79 Å². The Labute approximate surface area is 123 Å². The van der Waals surface area contributed by atoms with E-state index in [0.717, 1.165) is 17.0 Å². The van der Waals surface area contributed by atoms with Gasteiger partial charge in [0.1, 0.15) is 5.75 Å². The number of methoxy groups -OCH3 is 1. The lowest BCUT2D eigenvalue weighted by atomic mass is 10.1. The molecular weight excluding hydrogens is 274 g/mol. The molecule has 2 aromatic carbocycles. The van der Waals surface area contributed by atoms with Crippen LogP contribution in [0.5, 0.6) is 5.75 Å². The summed E-state index contributed by atoms with van der Waals surface area (Å²) >= 11 is 6.12. The van der Waals surface area contributed by atoms with Crippen LogP contribution in [0.2, 0.25) is 5.02 Å². The molecule has 0 atom stereocenters. The van der Waals surface area contributed by atoms with E-state index >= 15 is 0 Å². The second kappa shape index (κ2) is 6.44. The van der Waals surface area contributed by atoms with E-state index in [1.54, 1.807) is 25.3 Å². The first-order chi connectivity index (χ1) is 9.60. The highest BCUT2D eigenvalue weighted by molar-refractivity contribution is 6.33. The third-order valence-electron chi connectivity index (χ3n) is 3.01. The zero-order chi connectivity index (χ0) is 14.5. The van der Waals surface area contributed by atoms with Gasteiger partial charge in [0.15, 0.2) is 5.78 Å². The summed E-state index contributed by atoms with van der Waals surface area (Å²) in [7, 11) is 1.64. The number of carbonyl (C=O) groups is 1. The van der Waals surface area contributed by atoms with Crippen LogP contribution >= 0.6 is 11.6 Å². The molecule has 2 aromatic rings. The maximum absolute atomic E-state index is 11.4. The standard InChI is InChI=1S/C16H16ClNO2/c1-11(19)13-5-8-15(17)16(9-13)18-10-12-3-6-14(20-2)7-4-12/h3-9,18H,10H2,1-2H3. The topological polar surface area (TPSA) is 38.3 Å². The Hall–Kier alpha value is -2.00. The highest BCUT2D eigenvalue weighted by Gasteiger charge is 2.05. The summed E-state index contributed by atoms with van der Waals surface area (Å²) in [6.45, 7) is 2.17. The Morgan fingerprint density at radius 1 is 1.20 bits per heavy atom. The number of carbonyl (C=O) groups excluding carboxylic acids is 1. The van der Waals surface area contributed by atoms with E-state index in [1.807, 2.05) is 24.3 Å². The molecule has 3 nitrogen and oxygen atoms in total. The third-order valence-corrected chi connectivity index (χ3v) is 3.34. The zero-order valence-electron chi connectivity index (χ0n) is 11.4. The molecule has 0 aliphatic carbocycles. The minimum Gasteiger partial charge on any atom is -0.497 e. The monoisotopic (exact) mass is 289 g/mol.